The van der Waals surface area contributed by atoms with E-state index in [1.165, 1.54) is 0 Å². The Balaban J connectivity index is 2.35. The molecule has 1 rings (SSSR count). The van der Waals surface area contributed by atoms with Gasteiger partial charge in [-0.1, -0.05) is 6.92 Å². The smallest absolute Gasteiger partial charge is 0.0813 e. The highest BCUT2D eigenvalue weighted by Gasteiger charge is 2.27. The third kappa shape index (κ3) is 1.43. The van der Waals surface area contributed by atoms with Crippen molar-refractivity contribution in [2.75, 3.05) is 6.61 Å². The fourth-order valence-electron chi connectivity index (χ4n) is 1.22. The number of aliphatic hydroxyl groups is 1. The average molecular weight is 130 g/mol. The molecule has 0 bridgehead atoms. The summed E-state index contributed by atoms with van der Waals surface area (Å²) in [4.78, 5) is 0. The Bertz CT molecular complexity index is 82.9. The standard InChI is InChI=1S/C7H14O2/c1-5-3-7(4-8)9-6(5)2/h5-8H,3-4H2,1-2H3/t5-,6+,7?/m1/s1. The molecule has 1 aliphatic rings. The molecule has 0 aromatic carbocycles. The van der Waals surface area contributed by atoms with Gasteiger partial charge in [0.1, 0.15) is 0 Å². The van der Waals surface area contributed by atoms with Crippen LogP contribution < -0.4 is 0 Å². The summed E-state index contributed by atoms with van der Waals surface area (Å²) >= 11 is 0. The van der Waals surface area contributed by atoms with Crippen LogP contribution in [0.15, 0.2) is 0 Å². The Morgan fingerprint density at radius 3 is 2.44 bits per heavy atom. The van der Waals surface area contributed by atoms with Crippen molar-refractivity contribution in [3.05, 3.63) is 0 Å². The summed E-state index contributed by atoms with van der Waals surface area (Å²) in [5, 5.41) is 8.68. The quantitative estimate of drug-likeness (QED) is 0.568. The van der Waals surface area contributed by atoms with Crippen LogP contribution >= 0.6 is 0 Å². The first kappa shape index (κ1) is 7.03. The van der Waals surface area contributed by atoms with Crippen LogP contribution in [0.5, 0.6) is 0 Å². The Morgan fingerprint density at radius 2 is 2.22 bits per heavy atom. The maximum absolute atomic E-state index is 8.68. The van der Waals surface area contributed by atoms with Crippen LogP contribution in [0, 0.1) is 5.92 Å². The normalized spacial score (nSPS) is 43.7. The Morgan fingerprint density at radius 1 is 1.56 bits per heavy atom. The first-order valence-corrected chi connectivity index (χ1v) is 3.50. The van der Waals surface area contributed by atoms with Crippen LogP contribution in [0.3, 0.4) is 0 Å². The molecule has 0 saturated carbocycles. The average Bonchev–Trinajstić information content (AvgIpc) is 2.13. The summed E-state index contributed by atoms with van der Waals surface area (Å²) in [7, 11) is 0. The van der Waals surface area contributed by atoms with Gasteiger partial charge in [0.2, 0.25) is 0 Å². The van der Waals surface area contributed by atoms with Crippen molar-refractivity contribution in [1.82, 2.24) is 0 Å². The van der Waals surface area contributed by atoms with Gasteiger partial charge in [0.15, 0.2) is 0 Å². The molecular formula is C7H14O2. The van der Waals surface area contributed by atoms with Crippen molar-refractivity contribution in [2.24, 2.45) is 5.92 Å². The first-order valence-electron chi connectivity index (χ1n) is 3.50. The van der Waals surface area contributed by atoms with E-state index < -0.39 is 0 Å². The second-order valence-corrected chi connectivity index (χ2v) is 2.86. The van der Waals surface area contributed by atoms with Gasteiger partial charge >= 0.3 is 0 Å². The molecule has 0 amide bonds. The molecule has 1 saturated heterocycles. The number of hydrogen-bond acceptors (Lipinski definition) is 2. The molecule has 1 unspecified atom stereocenters. The van der Waals surface area contributed by atoms with Crippen LogP contribution in [0.1, 0.15) is 20.3 Å². The fraction of sp³-hybridized carbons (Fsp3) is 1.00. The molecule has 0 aromatic heterocycles. The van der Waals surface area contributed by atoms with Crippen LogP contribution in [-0.2, 0) is 4.74 Å². The van der Waals surface area contributed by atoms with E-state index >= 15 is 0 Å². The maximum Gasteiger partial charge on any atom is 0.0813 e. The molecule has 0 radical (unpaired) electrons. The lowest BCUT2D eigenvalue weighted by Crippen LogP contribution is -2.12. The van der Waals surface area contributed by atoms with Crippen LogP contribution in [0.25, 0.3) is 0 Å². The molecule has 2 heteroatoms. The van der Waals surface area contributed by atoms with Gasteiger partial charge in [-0.2, -0.15) is 0 Å². The molecule has 0 spiro atoms. The van der Waals surface area contributed by atoms with Crippen molar-refractivity contribution < 1.29 is 9.84 Å². The summed E-state index contributed by atoms with van der Waals surface area (Å²) in [6.07, 6.45) is 1.45. The van der Waals surface area contributed by atoms with Crippen molar-refractivity contribution in [3.8, 4) is 0 Å². The van der Waals surface area contributed by atoms with Gasteiger partial charge in [-0.05, 0) is 19.3 Å². The molecule has 3 atom stereocenters. The SMILES string of the molecule is C[C@@H]1CC(CO)O[C@H]1C. The number of aliphatic hydroxyl groups excluding tert-OH is 1. The molecular weight excluding hydrogens is 116 g/mol. The maximum atomic E-state index is 8.68. The molecule has 9 heavy (non-hydrogen) atoms. The molecule has 1 aliphatic heterocycles. The van der Waals surface area contributed by atoms with Crippen molar-refractivity contribution in [2.45, 2.75) is 32.5 Å². The van der Waals surface area contributed by atoms with Crippen molar-refractivity contribution in [1.29, 1.82) is 0 Å². The minimum absolute atomic E-state index is 0.106. The molecule has 1 heterocycles. The second-order valence-electron chi connectivity index (χ2n) is 2.86. The predicted octanol–water partition coefficient (Wildman–Crippen LogP) is 0.792. The van der Waals surface area contributed by atoms with E-state index in [2.05, 4.69) is 13.8 Å². The summed E-state index contributed by atoms with van der Waals surface area (Å²) < 4.78 is 5.37. The number of rotatable bonds is 1. The van der Waals surface area contributed by atoms with E-state index in [-0.39, 0.29) is 12.7 Å². The summed E-state index contributed by atoms with van der Waals surface area (Å²) in [5.41, 5.74) is 0. The topological polar surface area (TPSA) is 29.5 Å². The lowest BCUT2D eigenvalue weighted by Gasteiger charge is -2.06. The fourth-order valence-corrected chi connectivity index (χ4v) is 1.22. The van der Waals surface area contributed by atoms with Crippen molar-refractivity contribution in [3.63, 3.8) is 0 Å². The minimum Gasteiger partial charge on any atom is -0.394 e. The monoisotopic (exact) mass is 130 g/mol. The molecule has 1 N–H and O–H groups in total. The Hall–Kier alpha value is -0.0800. The second kappa shape index (κ2) is 2.67. The van der Waals surface area contributed by atoms with E-state index in [4.69, 9.17) is 9.84 Å². The predicted molar refractivity (Wildman–Crippen MR) is 35.2 cm³/mol. The molecule has 0 aliphatic carbocycles. The third-order valence-electron chi connectivity index (χ3n) is 2.05. The number of hydrogen-bond donors (Lipinski definition) is 1. The van der Waals surface area contributed by atoms with Crippen LogP contribution in [0.2, 0.25) is 0 Å². The lowest BCUT2D eigenvalue weighted by molar-refractivity contribution is 0.0150. The van der Waals surface area contributed by atoms with E-state index in [1.807, 2.05) is 0 Å². The van der Waals surface area contributed by atoms with Gasteiger partial charge in [-0.25, -0.2) is 0 Å². The zero-order valence-electron chi connectivity index (χ0n) is 6.00. The highest BCUT2D eigenvalue weighted by Crippen LogP contribution is 2.24. The lowest BCUT2D eigenvalue weighted by atomic mass is 10.0. The van der Waals surface area contributed by atoms with E-state index in [1.54, 1.807) is 0 Å². The largest absolute Gasteiger partial charge is 0.394 e. The Labute approximate surface area is 55.8 Å². The van der Waals surface area contributed by atoms with Gasteiger partial charge in [0.05, 0.1) is 18.8 Å². The van der Waals surface area contributed by atoms with Gasteiger partial charge in [0.25, 0.3) is 0 Å². The minimum atomic E-state index is 0.106. The van der Waals surface area contributed by atoms with Gasteiger partial charge in [-0.15, -0.1) is 0 Å². The molecule has 54 valence electrons. The van der Waals surface area contributed by atoms with Crippen molar-refractivity contribution >= 4 is 0 Å². The summed E-state index contributed by atoms with van der Waals surface area (Å²) in [5.74, 6) is 0.613. The highest BCUT2D eigenvalue weighted by molar-refractivity contribution is 4.75. The van der Waals surface area contributed by atoms with Crippen LogP contribution in [-0.4, -0.2) is 23.9 Å². The summed E-state index contributed by atoms with van der Waals surface area (Å²) in [6, 6.07) is 0. The first-order chi connectivity index (χ1) is 4.24. The number of ether oxygens (including phenoxy) is 1. The molecule has 2 nitrogen and oxygen atoms in total. The third-order valence-corrected chi connectivity index (χ3v) is 2.05. The zero-order valence-corrected chi connectivity index (χ0v) is 6.00. The van der Waals surface area contributed by atoms with E-state index in [0.717, 1.165) is 6.42 Å². The van der Waals surface area contributed by atoms with Crippen LogP contribution in [0.4, 0.5) is 0 Å². The zero-order chi connectivity index (χ0) is 6.85. The summed E-state index contributed by atoms with van der Waals surface area (Å²) in [6.45, 7) is 4.38. The highest BCUT2D eigenvalue weighted by atomic mass is 16.5. The Kier molecular flexibility index (Phi) is 2.09. The van der Waals surface area contributed by atoms with Gasteiger partial charge in [-0.3, -0.25) is 0 Å². The van der Waals surface area contributed by atoms with E-state index in [9.17, 15) is 0 Å². The molecule has 0 aromatic rings. The van der Waals surface area contributed by atoms with E-state index in [0.29, 0.717) is 12.0 Å². The molecule has 1 fully saturated rings. The van der Waals surface area contributed by atoms with Gasteiger partial charge in [0, 0.05) is 0 Å². The van der Waals surface area contributed by atoms with Gasteiger partial charge < -0.3 is 9.84 Å².